The molecule has 0 bridgehead atoms. The van der Waals surface area contributed by atoms with Crippen molar-refractivity contribution in [3.63, 3.8) is 0 Å². The van der Waals surface area contributed by atoms with E-state index in [-0.39, 0.29) is 29.7 Å². The topological polar surface area (TPSA) is 96.3 Å². The van der Waals surface area contributed by atoms with Crippen molar-refractivity contribution in [2.24, 2.45) is 10.7 Å². The number of para-hydroxylation sites is 1. The van der Waals surface area contributed by atoms with Crippen LogP contribution < -0.4 is 15.8 Å². The summed E-state index contributed by atoms with van der Waals surface area (Å²) in [5.74, 6) is 1.97. The molecule has 8 nitrogen and oxygen atoms in total. The second-order valence-corrected chi connectivity index (χ2v) is 6.52. The van der Waals surface area contributed by atoms with Gasteiger partial charge in [-0.25, -0.2) is 0 Å². The Balaban J connectivity index is 0.00000300. The van der Waals surface area contributed by atoms with Gasteiger partial charge >= 0.3 is 0 Å². The second kappa shape index (κ2) is 11.7. The summed E-state index contributed by atoms with van der Waals surface area (Å²) in [5, 5.41) is 3.27. The van der Waals surface area contributed by atoms with Crippen LogP contribution in [0.5, 0.6) is 5.75 Å². The number of carbonyl (C=O) groups excluding carboxylic acids is 1. The van der Waals surface area contributed by atoms with Gasteiger partial charge in [-0.1, -0.05) is 18.2 Å². The summed E-state index contributed by atoms with van der Waals surface area (Å²) in [6.45, 7) is 5.70. The molecule has 3 rings (SSSR count). The molecule has 1 aliphatic rings. The third-order valence-electron chi connectivity index (χ3n) is 4.63. The van der Waals surface area contributed by atoms with Crippen molar-refractivity contribution >= 4 is 35.8 Å². The first-order chi connectivity index (χ1) is 13.7. The summed E-state index contributed by atoms with van der Waals surface area (Å²) in [7, 11) is 1.76. The van der Waals surface area contributed by atoms with E-state index >= 15 is 0 Å². The maximum Gasteiger partial charge on any atom is 0.284 e. The molecule has 1 saturated heterocycles. The number of primary amides is 1. The quantitative estimate of drug-likeness (QED) is 0.333. The highest BCUT2D eigenvalue weighted by molar-refractivity contribution is 14.0. The molecule has 1 aliphatic heterocycles. The zero-order valence-corrected chi connectivity index (χ0v) is 18.9. The van der Waals surface area contributed by atoms with E-state index in [0.29, 0.717) is 18.9 Å². The SMILES string of the molecule is CN=C(NCc1ccc(C(N)=O)o1)N1CCN(CCOc2ccccc2)CC1.I. The molecule has 1 amide bonds. The number of carbonyl (C=O) groups is 1. The molecule has 1 aromatic carbocycles. The van der Waals surface area contributed by atoms with Gasteiger partial charge in [-0.3, -0.25) is 14.7 Å². The molecule has 1 aromatic heterocycles. The molecular weight excluding hydrogens is 485 g/mol. The zero-order chi connectivity index (χ0) is 19.8. The molecule has 29 heavy (non-hydrogen) atoms. The van der Waals surface area contributed by atoms with Crippen molar-refractivity contribution < 1.29 is 13.9 Å². The number of aliphatic imine (C=N–C) groups is 1. The largest absolute Gasteiger partial charge is 0.492 e. The lowest BCUT2D eigenvalue weighted by molar-refractivity contribution is 0.0972. The Kier molecular flexibility index (Phi) is 9.26. The number of furan rings is 1. The first-order valence-corrected chi connectivity index (χ1v) is 9.40. The van der Waals surface area contributed by atoms with Gasteiger partial charge in [0.2, 0.25) is 0 Å². The molecular formula is C20H28IN5O3. The number of rotatable bonds is 7. The molecule has 2 heterocycles. The van der Waals surface area contributed by atoms with Gasteiger partial charge in [-0.2, -0.15) is 0 Å². The van der Waals surface area contributed by atoms with Gasteiger partial charge in [0, 0.05) is 39.8 Å². The minimum absolute atomic E-state index is 0. The summed E-state index contributed by atoms with van der Waals surface area (Å²) in [6.07, 6.45) is 0. The molecule has 0 aliphatic carbocycles. The Hall–Kier alpha value is -2.27. The second-order valence-electron chi connectivity index (χ2n) is 6.52. The van der Waals surface area contributed by atoms with E-state index in [0.717, 1.165) is 44.4 Å². The summed E-state index contributed by atoms with van der Waals surface area (Å²) in [4.78, 5) is 20.1. The molecule has 0 saturated carbocycles. The fraction of sp³-hybridized carbons (Fsp3) is 0.400. The van der Waals surface area contributed by atoms with Crippen LogP contribution in [0.1, 0.15) is 16.3 Å². The van der Waals surface area contributed by atoms with Crippen molar-refractivity contribution in [3.8, 4) is 5.75 Å². The molecule has 0 spiro atoms. The highest BCUT2D eigenvalue weighted by Crippen LogP contribution is 2.10. The number of ether oxygens (including phenoxy) is 1. The molecule has 3 N–H and O–H groups in total. The van der Waals surface area contributed by atoms with E-state index in [4.69, 9.17) is 14.9 Å². The first-order valence-electron chi connectivity index (χ1n) is 9.40. The van der Waals surface area contributed by atoms with E-state index in [9.17, 15) is 4.79 Å². The number of hydrogen-bond donors (Lipinski definition) is 2. The third-order valence-corrected chi connectivity index (χ3v) is 4.63. The maximum atomic E-state index is 11.1. The number of benzene rings is 1. The van der Waals surface area contributed by atoms with E-state index in [1.54, 1.807) is 19.2 Å². The predicted molar refractivity (Wildman–Crippen MR) is 123 cm³/mol. The minimum Gasteiger partial charge on any atom is -0.492 e. The first kappa shape index (κ1) is 23.0. The highest BCUT2D eigenvalue weighted by Gasteiger charge is 2.19. The normalized spacial score (nSPS) is 14.9. The maximum absolute atomic E-state index is 11.1. The van der Waals surface area contributed by atoms with Gasteiger partial charge in [0.15, 0.2) is 11.7 Å². The van der Waals surface area contributed by atoms with Crippen LogP contribution in [0, 0.1) is 0 Å². The summed E-state index contributed by atoms with van der Waals surface area (Å²) in [6, 6.07) is 13.2. The molecule has 158 valence electrons. The molecule has 0 unspecified atom stereocenters. The van der Waals surface area contributed by atoms with Crippen LogP contribution in [0.2, 0.25) is 0 Å². The fourth-order valence-electron chi connectivity index (χ4n) is 3.10. The number of nitrogens with two attached hydrogens (primary N) is 1. The van der Waals surface area contributed by atoms with E-state index in [1.165, 1.54) is 0 Å². The van der Waals surface area contributed by atoms with Crippen molar-refractivity contribution in [1.29, 1.82) is 0 Å². The highest BCUT2D eigenvalue weighted by atomic mass is 127. The lowest BCUT2D eigenvalue weighted by Crippen LogP contribution is -2.52. The molecule has 1 fully saturated rings. The van der Waals surface area contributed by atoms with Crippen LogP contribution in [0.3, 0.4) is 0 Å². The van der Waals surface area contributed by atoms with Crippen molar-refractivity contribution in [2.75, 3.05) is 46.4 Å². The summed E-state index contributed by atoms with van der Waals surface area (Å²) >= 11 is 0. The van der Waals surface area contributed by atoms with Crippen LogP contribution in [-0.4, -0.2) is 68.0 Å². The number of halogens is 1. The van der Waals surface area contributed by atoms with Gasteiger partial charge in [0.05, 0.1) is 6.54 Å². The Morgan fingerprint density at radius 1 is 1.17 bits per heavy atom. The van der Waals surface area contributed by atoms with Crippen LogP contribution in [-0.2, 0) is 6.54 Å². The lowest BCUT2D eigenvalue weighted by Gasteiger charge is -2.36. The van der Waals surface area contributed by atoms with Crippen molar-refractivity contribution in [2.45, 2.75) is 6.54 Å². The predicted octanol–water partition coefficient (Wildman–Crippen LogP) is 1.77. The minimum atomic E-state index is -0.567. The smallest absolute Gasteiger partial charge is 0.284 e. The standard InChI is InChI=1S/C20H27N5O3.HI/c1-22-20(23-15-17-7-8-18(28-17)19(21)26)25-11-9-24(10-12-25)13-14-27-16-5-3-2-4-6-16;/h2-8H,9-15H2,1H3,(H2,21,26)(H,22,23);1H. The zero-order valence-electron chi connectivity index (χ0n) is 16.5. The molecule has 0 radical (unpaired) electrons. The number of amides is 1. The van der Waals surface area contributed by atoms with E-state index < -0.39 is 5.91 Å². The van der Waals surface area contributed by atoms with E-state index in [1.807, 2.05) is 30.3 Å². The Morgan fingerprint density at radius 3 is 2.52 bits per heavy atom. The fourth-order valence-corrected chi connectivity index (χ4v) is 3.10. The Bertz CT molecular complexity index is 788. The molecule has 0 atom stereocenters. The Morgan fingerprint density at radius 2 is 1.90 bits per heavy atom. The Labute approximate surface area is 188 Å². The van der Waals surface area contributed by atoms with Gasteiger partial charge in [-0.15, -0.1) is 24.0 Å². The third kappa shape index (κ3) is 6.93. The van der Waals surface area contributed by atoms with Crippen LogP contribution in [0.4, 0.5) is 0 Å². The monoisotopic (exact) mass is 513 g/mol. The van der Waals surface area contributed by atoms with Gasteiger partial charge in [0.25, 0.3) is 5.91 Å². The van der Waals surface area contributed by atoms with Gasteiger partial charge in [-0.05, 0) is 24.3 Å². The molecule has 9 heteroatoms. The number of hydrogen-bond acceptors (Lipinski definition) is 5. The van der Waals surface area contributed by atoms with Gasteiger partial charge in [0.1, 0.15) is 18.1 Å². The molecule has 2 aromatic rings. The van der Waals surface area contributed by atoms with E-state index in [2.05, 4.69) is 20.1 Å². The summed E-state index contributed by atoms with van der Waals surface area (Å²) < 4.78 is 11.2. The van der Waals surface area contributed by atoms with Gasteiger partial charge < -0.3 is 25.1 Å². The number of piperazine rings is 1. The number of nitrogens with one attached hydrogen (secondary N) is 1. The summed E-state index contributed by atoms with van der Waals surface area (Å²) in [5.41, 5.74) is 5.21. The number of nitrogens with zero attached hydrogens (tertiary/aromatic N) is 3. The average Bonchev–Trinajstić information content (AvgIpc) is 3.20. The van der Waals surface area contributed by atoms with Crippen LogP contribution >= 0.6 is 24.0 Å². The number of guanidine groups is 1. The van der Waals surface area contributed by atoms with Crippen molar-refractivity contribution in [1.82, 2.24) is 15.1 Å². The van der Waals surface area contributed by atoms with Crippen LogP contribution in [0.25, 0.3) is 0 Å². The lowest BCUT2D eigenvalue weighted by atomic mass is 10.3. The van der Waals surface area contributed by atoms with Crippen molar-refractivity contribution in [3.05, 3.63) is 54.0 Å². The average molecular weight is 513 g/mol. The van der Waals surface area contributed by atoms with Crippen LogP contribution in [0.15, 0.2) is 51.9 Å².